The Bertz CT molecular complexity index is 421. The number of anilines is 1. The van der Waals surface area contributed by atoms with E-state index in [2.05, 4.69) is 26.3 Å². The summed E-state index contributed by atoms with van der Waals surface area (Å²) < 4.78 is 0. The van der Waals surface area contributed by atoms with Crippen LogP contribution in [0, 0.1) is 0 Å². The number of hydrogen-bond acceptors (Lipinski definition) is 4. The Morgan fingerprint density at radius 2 is 2.06 bits per heavy atom. The summed E-state index contributed by atoms with van der Waals surface area (Å²) in [5.74, 6) is 2.12. The van der Waals surface area contributed by atoms with Crippen LogP contribution in [-0.2, 0) is 0 Å². The van der Waals surface area contributed by atoms with E-state index in [1.165, 1.54) is 12.8 Å². The van der Waals surface area contributed by atoms with Crippen LogP contribution in [0.2, 0.25) is 0 Å². The first-order valence-corrected chi connectivity index (χ1v) is 6.44. The Morgan fingerprint density at radius 3 is 2.82 bits per heavy atom. The lowest BCUT2D eigenvalue weighted by Gasteiger charge is -2.22. The zero-order valence-corrected chi connectivity index (χ0v) is 10.0. The number of aliphatic imine (C=N–C) groups is 1. The van der Waals surface area contributed by atoms with Crippen molar-refractivity contribution < 1.29 is 0 Å². The van der Waals surface area contributed by atoms with Gasteiger partial charge in [-0.05, 0) is 31.4 Å². The van der Waals surface area contributed by atoms with E-state index < -0.39 is 0 Å². The number of amidine groups is 1. The molecule has 1 aromatic rings. The number of aromatic nitrogens is 1. The molecular formula is C13H18N4. The van der Waals surface area contributed by atoms with Crippen molar-refractivity contribution in [2.24, 2.45) is 4.99 Å². The van der Waals surface area contributed by atoms with Crippen LogP contribution in [-0.4, -0.2) is 37.0 Å². The minimum absolute atomic E-state index is 0.927. The first-order valence-electron chi connectivity index (χ1n) is 6.44. The molecule has 0 spiro atoms. The third kappa shape index (κ3) is 2.12. The second-order valence-corrected chi connectivity index (χ2v) is 4.58. The highest BCUT2D eigenvalue weighted by Crippen LogP contribution is 2.22. The molecular weight excluding hydrogens is 212 g/mol. The fourth-order valence-electron chi connectivity index (χ4n) is 2.48. The second kappa shape index (κ2) is 4.73. The molecule has 0 radical (unpaired) electrons. The third-order valence-corrected chi connectivity index (χ3v) is 3.34. The van der Waals surface area contributed by atoms with E-state index >= 15 is 0 Å². The van der Waals surface area contributed by atoms with E-state index in [-0.39, 0.29) is 0 Å². The number of nitrogens with zero attached hydrogens (tertiary/aromatic N) is 3. The molecule has 2 aliphatic rings. The van der Waals surface area contributed by atoms with Crippen molar-refractivity contribution in [3.63, 3.8) is 0 Å². The van der Waals surface area contributed by atoms with Gasteiger partial charge in [-0.2, -0.15) is 0 Å². The van der Waals surface area contributed by atoms with Crippen LogP contribution >= 0.6 is 0 Å². The van der Waals surface area contributed by atoms with Crippen LogP contribution in [0.1, 0.15) is 24.8 Å². The summed E-state index contributed by atoms with van der Waals surface area (Å²) >= 11 is 0. The van der Waals surface area contributed by atoms with Crippen molar-refractivity contribution in [2.75, 3.05) is 31.1 Å². The molecule has 0 unspecified atom stereocenters. The van der Waals surface area contributed by atoms with Crippen LogP contribution in [0.25, 0.3) is 0 Å². The van der Waals surface area contributed by atoms with E-state index in [4.69, 9.17) is 0 Å². The van der Waals surface area contributed by atoms with E-state index in [9.17, 15) is 0 Å². The Balaban J connectivity index is 1.94. The smallest absolute Gasteiger partial charge is 0.139 e. The normalized spacial score (nSPS) is 20.0. The van der Waals surface area contributed by atoms with Gasteiger partial charge in [-0.25, -0.2) is 4.98 Å². The van der Waals surface area contributed by atoms with Crippen molar-refractivity contribution >= 4 is 11.7 Å². The summed E-state index contributed by atoms with van der Waals surface area (Å²) in [5, 5.41) is 3.38. The number of pyridine rings is 1. The standard InChI is InChI=1S/C13H18N4/c1-2-10-17(9-1)13-11(5-3-6-16-13)12-14-7-4-8-15-12/h3,5-6H,1-2,4,7-10H2,(H,14,15). The highest BCUT2D eigenvalue weighted by atomic mass is 15.2. The molecule has 0 aliphatic carbocycles. The van der Waals surface area contributed by atoms with E-state index in [0.717, 1.165) is 49.8 Å². The third-order valence-electron chi connectivity index (χ3n) is 3.34. The lowest BCUT2D eigenvalue weighted by Crippen LogP contribution is -2.32. The number of hydrogen-bond donors (Lipinski definition) is 1. The molecule has 4 heteroatoms. The van der Waals surface area contributed by atoms with E-state index in [1.54, 1.807) is 0 Å². The summed E-state index contributed by atoms with van der Waals surface area (Å²) in [4.78, 5) is 11.5. The first-order chi connectivity index (χ1) is 8.45. The Hall–Kier alpha value is -1.58. The highest BCUT2D eigenvalue weighted by molar-refractivity contribution is 6.03. The van der Waals surface area contributed by atoms with Crippen LogP contribution < -0.4 is 10.2 Å². The zero-order chi connectivity index (χ0) is 11.5. The predicted octanol–water partition coefficient (Wildman–Crippen LogP) is 1.42. The molecule has 4 nitrogen and oxygen atoms in total. The minimum atomic E-state index is 0.927. The molecule has 3 heterocycles. The molecule has 0 saturated carbocycles. The molecule has 1 aromatic heterocycles. The van der Waals surface area contributed by atoms with Gasteiger partial charge in [0.15, 0.2) is 0 Å². The molecule has 0 aromatic carbocycles. The van der Waals surface area contributed by atoms with Gasteiger partial charge in [0, 0.05) is 32.4 Å². The van der Waals surface area contributed by atoms with Crippen LogP contribution in [0.15, 0.2) is 23.3 Å². The lowest BCUT2D eigenvalue weighted by atomic mass is 10.2. The topological polar surface area (TPSA) is 40.5 Å². The van der Waals surface area contributed by atoms with Crippen LogP contribution in [0.3, 0.4) is 0 Å². The molecule has 1 saturated heterocycles. The summed E-state index contributed by atoms with van der Waals surface area (Å²) in [7, 11) is 0. The molecule has 3 rings (SSSR count). The quantitative estimate of drug-likeness (QED) is 0.835. The Kier molecular flexibility index (Phi) is 2.94. The summed E-state index contributed by atoms with van der Waals surface area (Å²) in [5.41, 5.74) is 1.16. The van der Waals surface area contributed by atoms with Crippen LogP contribution in [0.4, 0.5) is 5.82 Å². The fourth-order valence-corrected chi connectivity index (χ4v) is 2.48. The number of nitrogens with one attached hydrogen (secondary N) is 1. The monoisotopic (exact) mass is 230 g/mol. The van der Waals surface area contributed by atoms with Gasteiger partial charge in [-0.15, -0.1) is 0 Å². The van der Waals surface area contributed by atoms with Crippen molar-refractivity contribution in [3.8, 4) is 0 Å². The summed E-state index contributed by atoms with van der Waals surface area (Å²) in [6.07, 6.45) is 5.55. The summed E-state index contributed by atoms with van der Waals surface area (Å²) in [6, 6.07) is 4.12. The Morgan fingerprint density at radius 1 is 1.18 bits per heavy atom. The van der Waals surface area contributed by atoms with Crippen LogP contribution in [0.5, 0.6) is 0 Å². The SMILES string of the molecule is c1cnc(N2CCCC2)c(C2=NCCCN2)c1. The van der Waals surface area contributed by atoms with Gasteiger partial charge in [-0.3, -0.25) is 4.99 Å². The molecule has 1 N–H and O–H groups in total. The molecule has 90 valence electrons. The average molecular weight is 230 g/mol. The van der Waals surface area contributed by atoms with Gasteiger partial charge in [0.2, 0.25) is 0 Å². The summed E-state index contributed by atoms with van der Waals surface area (Å²) in [6.45, 7) is 4.19. The molecule has 17 heavy (non-hydrogen) atoms. The number of rotatable bonds is 2. The maximum absolute atomic E-state index is 4.57. The maximum Gasteiger partial charge on any atom is 0.139 e. The van der Waals surface area contributed by atoms with E-state index in [0.29, 0.717) is 0 Å². The van der Waals surface area contributed by atoms with Crippen molar-refractivity contribution in [3.05, 3.63) is 23.9 Å². The van der Waals surface area contributed by atoms with Crippen molar-refractivity contribution in [1.29, 1.82) is 0 Å². The van der Waals surface area contributed by atoms with Gasteiger partial charge in [0.05, 0.1) is 5.56 Å². The van der Waals surface area contributed by atoms with Gasteiger partial charge in [0.25, 0.3) is 0 Å². The van der Waals surface area contributed by atoms with Gasteiger partial charge in [-0.1, -0.05) is 0 Å². The van der Waals surface area contributed by atoms with Gasteiger partial charge < -0.3 is 10.2 Å². The highest BCUT2D eigenvalue weighted by Gasteiger charge is 2.19. The van der Waals surface area contributed by atoms with Gasteiger partial charge >= 0.3 is 0 Å². The second-order valence-electron chi connectivity index (χ2n) is 4.58. The molecule has 1 fully saturated rings. The first kappa shape index (κ1) is 10.6. The maximum atomic E-state index is 4.57. The van der Waals surface area contributed by atoms with Crippen molar-refractivity contribution in [1.82, 2.24) is 10.3 Å². The fraction of sp³-hybridized carbons (Fsp3) is 0.538. The largest absolute Gasteiger partial charge is 0.370 e. The molecule has 2 aliphatic heterocycles. The predicted molar refractivity (Wildman–Crippen MR) is 69.7 cm³/mol. The molecule has 0 amide bonds. The average Bonchev–Trinajstić information content (AvgIpc) is 2.94. The zero-order valence-electron chi connectivity index (χ0n) is 10.0. The Labute approximate surface area is 102 Å². The van der Waals surface area contributed by atoms with Crippen molar-refractivity contribution in [2.45, 2.75) is 19.3 Å². The minimum Gasteiger partial charge on any atom is -0.370 e. The van der Waals surface area contributed by atoms with E-state index in [1.807, 2.05) is 12.3 Å². The van der Waals surface area contributed by atoms with Gasteiger partial charge in [0.1, 0.15) is 11.7 Å². The molecule has 0 atom stereocenters. The molecule has 0 bridgehead atoms. The lowest BCUT2D eigenvalue weighted by molar-refractivity contribution is 0.741.